The van der Waals surface area contributed by atoms with Gasteiger partial charge in [-0.3, -0.25) is 9.59 Å². The fraction of sp³-hybridized carbons (Fsp3) is 0.857. The number of morpholine rings is 1. The highest BCUT2D eigenvalue weighted by Gasteiger charge is 2.30. The first-order valence-corrected chi connectivity index (χ1v) is 7.18. The molecule has 1 unspecified atom stereocenters. The molecule has 0 spiro atoms. The normalized spacial score (nSPS) is 25.1. The molecule has 2 fully saturated rings. The quantitative estimate of drug-likeness (QED) is 0.726. The van der Waals surface area contributed by atoms with Crippen molar-refractivity contribution in [3.63, 3.8) is 0 Å². The van der Waals surface area contributed by atoms with Crippen LogP contribution in [-0.4, -0.2) is 49.7 Å². The summed E-state index contributed by atoms with van der Waals surface area (Å²) in [7, 11) is 1.37. The number of esters is 1. The maximum Gasteiger partial charge on any atom is 0.308 e. The molecule has 108 valence electrons. The molecule has 0 N–H and O–H groups in total. The minimum Gasteiger partial charge on any atom is -0.469 e. The van der Waals surface area contributed by atoms with Crippen LogP contribution in [0.4, 0.5) is 0 Å². The van der Waals surface area contributed by atoms with Gasteiger partial charge in [0.15, 0.2) is 0 Å². The van der Waals surface area contributed by atoms with Gasteiger partial charge in [-0.2, -0.15) is 0 Å². The standard InChI is InChI=1S/C14H23NO4/c1-18-13(16)9-12-10-15(7-8-19-12)14(17)11-5-3-2-4-6-11/h11-12H,2-10H2,1H3. The third-order valence-electron chi connectivity index (χ3n) is 4.03. The molecule has 5 nitrogen and oxygen atoms in total. The minimum atomic E-state index is -0.281. The van der Waals surface area contributed by atoms with Crippen LogP contribution < -0.4 is 0 Å². The van der Waals surface area contributed by atoms with Gasteiger partial charge in [-0.25, -0.2) is 0 Å². The first-order valence-electron chi connectivity index (χ1n) is 7.18. The maximum atomic E-state index is 12.4. The maximum absolute atomic E-state index is 12.4. The summed E-state index contributed by atoms with van der Waals surface area (Å²) in [5.74, 6) is 0.153. The Balaban J connectivity index is 1.85. The Labute approximate surface area is 114 Å². The van der Waals surface area contributed by atoms with Gasteiger partial charge in [0.05, 0.1) is 26.2 Å². The van der Waals surface area contributed by atoms with Gasteiger partial charge in [-0.1, -0.05) is 19.3 Å². The first-order chi connectivity index (χ1) is 9.20. The van der Waals surface area contributed by atoms with E-state index in [0.717, 1.165) is 25.7 Å². The van der Waals surface area contributed by atoms with Crippen LogP contribution in [0.15, 0.2) is 0 Å². The van der Waals surface area contributed by atoms with Gasteiger partial charge in [0.1, 0.15) is 0 Å². The molecule has 1 saturated heterocycles. The highest BCUT2D eigenvalue weighted by molar-refractivity contribution is 5.79. The van der Waals surface area contributed by atoms with Gasteiger partial charge in [0.25, 0.3) is 0 Å². The molecule has 0 bridgehead atoms. The lowest BCUT2D eigenvalue weighted by Crippen LogP contribution is -2.48. The lowest BCUT2D eigenvalue weighted by atomic mass is 9.88. The monoisotopic (exact) mass is 269 g/mol. The van der Waals surface area contributed by atoms with E-state index in [1.54, 1.807) is 0 Å². The lowest BCUT2D eigenvalue weighted by Gasteiger charge is -2.35. The van der Waals surface area contributed by atoms with Crippen LogP contribution in [0.3, 0.4) is 0 Å². The summed E-state index contributed by atoms with van der Waals surface area (Å²) >= 11 is 0. The van der Waals surface area contributed by atoms with E-state index >= 15 is 0 Å². The lowest BCUT2D eigenvalue weighted by molar-refractivity contribution is -0.152. The SMILES string of the molecule is COC(=O)CC1CN(C(=O)C2CCCCC2)CCO1. The van der Waals surface area contributed by atoms with Gasteiger partial charge in [-0.15, -0.1) is 0 Å². The molecule has 0 radical (unpaired) electrons. The van der Waals surface area contributed by atoms with Gasteiger partial charge < -0.3 is 14.4 Å². The van der Waals surface area contributed by atoms with E-state index < -0.39 is 0 Å². The number of nitrogens with zero attached hydrogens (tertiary/aromatic N) is 1. The molecule has 1 saturated carbocycles. The molecule has 0 aromatic heterocycles. The second kappa shape index (κ2) is 6.89. The van der Waals surface area contributed by atoms with E-state index in [9.17, 15) is 9.59 Å². The van der Waals surface area contributed by atoms with Crippen molar-refractivity contribution in [2.24, 2.45) is 5.92 Å². The largest absolute Gasteiger partial charge is 0.469 e. The Kier molecular flexibility index (Phi) is 5.19. The van der Waals surface area contributed by atoms with Crippen LogP contribution in [0.2, 0.25) is 0 Å². The number of methoxy groups -OCH3 is 1. The van der Waals surface area contributed by atoms with Gasteiger partial charge >= 0.3 is 5.97 Å². The molecule has 1 aliphatic heterocycles. The Morgan fingerprint density at radius 3 is 2.68 bits per heavy atom. The molecule has 1 aliphatic carbocycles. The molecule has 0 aromatic rings. The number of ether oxygens (including phenoxy) is 2. The number of carbonyl (C=O) groups excluding carboxylic acids is 2. The topological polar surface area (TPSA) is 55.8 Å². The summed E-state index contributed by atoms with van der Waals surface area (Å²) in [6.45, 7) is 1.68. The number of carbonyl (C=O) groups is 2. The Morgan fingerprint density at radius 1 is 1.26 bits per heavy atom. The summed E-state index contributed by atoms with van der Waals surface area (Å²) in [5.41, 5.74) is 0. The van der Waals surface area contributed by atoms with Gasteiger partial charge in [-0.05, 0) is 12.8 Å². The zero-order valence-corrected chi connectivity index (χ0v) is 11.6. The predicted octanol–water partition coefficient (Wildman–Crippen LogP) is 1.36. The molecule has 2 aliphatic rings. The number of rotatable bonds is 3. The molecule has 1 amide bonds. The molecule has 1 atom stereocenters. The van der Waals surface area contributed by atoms with E-state index in [-0.39, 0.29) is 30.3 Å². The van der Waals surface area contributed by atoms with Crippen molar-refractivity contribution in [1.82, 2.24) is 4.90 Å². The fourth-order valence-electron chi connectivity index (χ4n) is 2.92. The van der Waals surface area contributed by atoms with Crippen molar-refractivity contribution >= 4 is 11.9 Å². The zero-order valence-electron chi connectivity index (χ0n) is 11.6. The van der Waals surface area contributed by atoms with Gasteiger partial charge in [0, 0.05) is 19.0 Å². The number of amides is 1. The van der Waals surface area contributed by atoms with E-state index in [1.165, 1.54) is 13.5 Å². The second-order valence-corrected chi connectivity index (χ2v) is 5.39. The molecule has 0 aromatic carbocycles. The highest BCUT2D eigenvalue weighted by Crippen LogP contribution is 2.26. The van der Waals surface area contributed by atoms with Crippen LogP contribution in [0.5, 0.6) is 0 Å². The van der Waals surface area contributed by atoms with E-state index in [2.05, 4.69) is 4.74 Å². The number of hydrogen-bond acceptors (Lipinski definition) is 4. The third kappa shape index (κ3) is 3.93. The average Bonchev–Trinajstić information content (AvgIpc) is 2.47. The summed E-state index contributed by atoms with van der Waals surface area (Å²) in [6, 6.07) is 0. The van der Waals surface area contributed by atoms with Crippen molar-refractivity contribution in [1.29, 1.82) is 0 Å². The average molecular weight is 269 g/mol. The fourth-order valence-corrected chi connectivity index (χ4v) is 2.92. The van der Waals surface area contributed by atoms with Crippen LogP contribution in [0, 0.1) is 5.92 Å². The summed E-state index contributed by atoms with van der Waals surface area (Å²) < 4.78 is 10.2. The third-order valence-corrected chi connectivity index (χ3v) is 4.03. The van der Waals surface area contributed by atoms with E-state index in [1.807, 2.05) is 4.90 Å². The van der Waals surface area contributed by atoms with E-state index in [0.29, 0.717) is 19.7 Å². The summed E-state index contributed by atoms with van der Waals surface area (Å²) in [4.78, 5) is 25.5. The second-order valence-electron chi connectivity index (χ2n) is 5.39. The minimum absolute atomic E-state index is 0.186. The molecule has 5 heteroatoms. The van der Waals surface area contributed by atoms with Crippen LogP contribution in [0.25, 0.3) is 0 Å². The molecule has 2 rings (SSSR count). The van der Waals surface area contributed by atoms with Crippen molar-refractivity contribution < 1.29 is 19.1 Å². The van der Waals surface area contributed by atoms with Crippen molar-refractivity contribution in [2.45, 2.75) is 44.6 Å². The van der Waals surface area contributed by atoms with Gasteiger partial charge in [0.2, 0.25) is 5.91 Å². The summed E-state index contributed by atoms with van der Waals surface area (Å²) in [5, 5.41) is 0. The Bertz CT molecular complexity index is 325. The molecule has 1 heterocycles. The predicted molar refractivity (Wildman–Crippen MR) is 69.5 cm³/mol. The Morgan fingerprint density at radius 2 is 2.00 bits per heavy atom. The summed E-state index contributed by atoms with van der Waals surface area (Å²) in [6.07, 6.45) is 5.60. The Hall–Kier alpha value is -1.10. The van der Waals surface area contributed by atoms with Crippen molar-refractivity contribution in [3.8, 4) is 0 Å². The number of hydrogen-bond donors (Lipinski definition) is 0. The van der Waals surface area contributed by atoms with Crippen LogP contribution >= 0.6 is 0 Å². The van der Waals surface area contributed by atoms with Crippen LogP contribution in [0.1, 0.15) is 38.5 Å². The van der Waals surface area contributed by atoms with Crippen molar-refractivity contribution in [3.05, 3.63) is 0 Å². The first kappa shape index (κ1) is 14.3. The molecule has 19 heavy (non-hydrogen) atoms. The zero-order chi connectivity index (χ0) is 13.7. The van der Waals surface area contributed by atoms with E-state index in [4.69, 9.17) is 4.74 Å². The molecular weight excluding hydrogens is 246 g/mol. The highest BCUT2D eigenvalue weighted by atomic mass is 16.5. The van der Waals surface area contributed by atoms with Crippen molar-refractivity contribution in [2.75, 3.05) is 26.8 Å². The molecular formula is C14H23NO4. The van der Waals surface area contributed by atoms with Crippen LogP contribution in [-0.2, 0) is 19.1 Å². The smallest absolute Gasteiger partial charge is 0.308 e.